The van der Waals surface area contributed by atoms with Crippen LogP contribution < -0.4 is 5.73 Å². The van der Waals surface area contributed by atoms with Crippen molar-refractivity contribution in [2.75, 3.05) is 6.54 Å². The van der Waals surface area contributed by atoms with Crippen LogP contribution in [0, 0.1) is 0 Å². The summed E-state index contributed by atoms with van der Waals surface area (Å²) in [5.74, 6) is 0. The Kier molecular flexibility index (Phi) is 2.99. The summed E-state index contributed by atoms with van der Waals surface area (Å²) < 4.78 is 0. The predicted molar refractivity (Wildman–Crippen MR) is 62.6 cm³/mol. The minimum Gasteiger partial charge on any atom is -0.388 e. The fraction of sp³-hybridized carbons (Fsp3) is 0.231. The fourth-order valence-corrected chi connectivity index (χ4v) is 1.74. The summed E-state index contributed by atoms with van der Waals surface area (Å²) >= 11 is 0. The third kappa shape index (κ3) is 2.17. The number of hydrogen-bond acceptors (Lipinski definition) is 2. The lowest BCUT2D eigenvalue weighted by atomic mass is 10.0. The average Bonchev–Trinajstić information content (AvgIpc) is 2.29. The molecule has 2 nitrogen and oxygen atoms in total. The molecule has 3 N–H and O–H groups in total. The van der Waals surface area contributed by atoms with E-state index in [-0.39, 0.29) is 0 Å². The summed E-state index contributed by atoms with van der Waals surface area (Å²) in [5, 5.41) is 12.2. The third-order valence-electron chi connectivity index (χ3n) is 2.60. The number of fused-ring (bicyclic) bond motifs is 1. The second-order valence-corrected chi connectivity index (χ2v) is 3.70. The zero-order chi connectivity index (χ0) is 10.7. The number of aliphatic hydroxyl groups is 1. The van der Waals surface area contributed by atoms with E-state index in [1.807, 2.05) is 36.4 Å². The molecule has 78 valence electrons. The summed E-state index contributed by atoms with van der Waals surface area (Å²) in [6.45, 7) is 0.508. The van der Waals surface area contributed by atoms with Gasteiger partial charge in [-0.2, -0.15) is 0 Å². The van der Waals surface area contributed by atoms with Gasteiger partial charge in [0.2, 0.25) is 0 Å². The number of rotatable bonds is 3. The summed E-state index contributed by atoms with van der Waals surface area (Å²) in [6, 6.07) is 14.1. The Labute approximate surface area is 89.3 Å². The van der Waals surface area contributed by atoms with Crippen LogP contribution in [0.4, 0.5) is 0 Å². The van der Waals surface area contributed by atoms with E-state index in [4.69, 9.17) is 5.73 Å². The Bertz CT molecular complexity index is 453. The van der Waals surface area contributed by atoms with Crippen molar-refractivity contribution in [1.82, 2.24) is 0 Å². The molecule has 0 amide bonds. The van der Waals surface area contributed by atoms with Crippen molar-refractivity contribution in [1.29, 1.82) is 0 Å². The minimum absolute atomic E-state index is 0.445. The lowest BCUT2D eigenvalue weighted by Gasteiger charge is -2.10. The molecule has 2 heteroatoms. The topological polar surface area (TPSA) is 46.2 Å². The van der Waals surface area contributed by atoms with Gasteiger partial charge in [0.15, 0.2) is 0 Å². The molecular weight excluding hydrogens is 186 g/mol. The molecule has 0 bridgehead atoms. The van der Waals surface area contributed by atoms with Crippen molar-refractivity contribution in [3.05, 3.63) is 48.0 Å². The van der Waals surface area contributed by atoms with Crippen LogP contribution in [0.5, 0.6) is 0 Å². The summed E-state index contributed by atoms with van der Waals surface area (Å²) in [6.07, 6.45) is 0.165. The highest BCUT2D eigenvalue weighted by atomic mass is 16.3. The number of nitrogens with two attached hydrogens (primary N) is 1. The first kappa shape index (κ1) is 10.1. The van der Waals surface area contributed by atoms with Crippen molar-refractivity contribution in [2.45, 2.75) is 12.5 Å². The summed E-state index contributed by atoms with van der Waals surface area (Å²) in [7, 11) is 0. The van der Waals surface area contributed by atoms with Gasteiger partial charge in [-0.15, -0.1) is 0 Å². The van der Waals surface area contributed by atoms with Crippen LogP contribution in [0.15, 0.2) is 42.5 Å². The first-order valence-corrected chi connectivity index (χ1v) is 5.18. The monoisotopic (exact) mass is 201 g/mol. The van der Waals surface area contributed by atoms with Crippen LogP contribution >= 0.6 is 0 Å². The van der Waals surface area contributed by atoms with Crippen molar-refractivity contribution in [3.63, 3.8) is 0 Å². The third-order valence-corrected chi connectivity index (χ3v) is 2.60. The van der Waals surface area contributed by atoms with E-state index >= 15 is 0 Å². The van der Waals surface area contributed by atoms with E-state index in [9.17, 15) is 5.11 Å². The van der Waals surface area contributed by atoms with Gasteiger partial charge < -0.3 is 10.8 Å². The quantitative estimate of drug-likeness (QED) is 0.799. The minimum atomic E-state index is -0.445. The van der Waals surface area contributed by atoms with Gasteiger partial charge in [0, 0.05) is 0 Å². The highest BCUT2D eigenvalue weighted by Gasteiger charge is 2.06. The van der Waals surface area contributed by atoms with Crippen LogP contribution in [-0.2, 0) is 0 Å². The molecule has 15 heavy (non-hydrogen) atoms. The summed E-state index contributed by atoms with van der Waals surface area (Å²) in [5.41, 5.74) is 6.36. The van der Waals surface area contributed by atoms with Crippen molar-refractivity contribution < 1.29 is 5.11 Å². The second kappa shape index (κ2) is 4.43. The zero-order valence-electron chi connectivity index (χ0n) is 8.56. The van der Waals surface area contributed by atoms with Gasteiger partial charge in [0.25, 0.3) is 0 Å². The van der Waals surface area contributed by atoms with Crippen LogP contribution in [0.25, 0.3) is 10.8 Å². The number of hydrogen-bond donors (Lipinski definition) is 2. The molecule has 1 unspecified atom stereocenters. The Morgan fingerprint density at radius 3 is 2.53 bits per heavy atom. The molecule has 1 atom stereocenters. The first-order valence-electron chi connectivity index (χ1n) is 5.18. The highest BCUT2D eigenvalue weighted by Crippen LogP contribution is 2.21. The molecule has 0 fully saturated rings. The van der Waals surface area contributed by atoms with E-state index in [0.717, 1.165) is 10.9 Å². The standard InChI is InChI=1S/C13H15NO/c14-8-7-13(15)12-6-5-10-3-1-2-4-11(10)9-12/h1-6,9,13,15H,7-8,14H2. The Morgan fingerprint density at radius 2 is 1.80 bits per heavy atom. The largest absolute Gasteiger partial charge is 0.388 e. The second-order valence-electron chi connectivity index (χ2n) is 3.70. The molecule has 0 saturated heterocycles. The van der Waals surface area contributed by atoms with Gasteiger partial charge in [0.1, 0.15) is 0 Å². The zero-order valence-corrected chi connectivity index (χ0v) is 8.56. The van der Waals surface area contributed by atoms with Gasteiger partial charge in [0.05, 0.1) is 6.10 Å². The van der Waals surface area contributed by atoms with E-state index in [1.165, 1.54) is 5.39 Å². The van der Waals surface area contributed by atoms with E-state index in [0.29, 0.717) is 13.0 Å². The maximum Gasteiger partial charge on any atom is 0.0802 e. The smallest absolute Gasteiger partial charge is 0.0802 e. The Balaban J connectivity index is 2.38. The number of benzene rings is 2. The van der Waals surface area contributed by atoms with E-state index in [1.54, 1.807) is 0 Å². The Morgan fingerprint density at radius 1 is 1.07 bits per heavy atom. The van der Waals surface area contributed by atoms with Crippen LogP contribution in [-0.4, -0.2) is 11.7 Å². The van der Waals surface area contributed by atoms with Gasteiger partial charge >= 0.3 is 0 Å². The molecule has 0 aliphatic rings. The molecule has 0 spiro atoms. The lowest BCUT2D eigenvalue weighted by Crippen LogP contribution is -2.06. The average molecular weight is 201 g/mol. The molecule has 0 saturated carbocycles. The van der Waals surface area contributed by atoms with Crippen molar-refractivity contribution in [2.24, 2.45) is 5.73 Å². The molecule has 2 aromatic rings. The fourth-order valence-electron chi connectivity index (χ4n) is 1.74. The van der Waals surface area contributed by atoms with Crippen molar-refractivity contribution >= 4 is 10.8 Å². The molecule has 0 heterocycles. The normalized spacial score (nSPS) is 12.9. The van der Waals surface area contributed by atoms with Crippen LogP contribution in [0.2, 0.25) is 0 Å². The van der Waals surface area contributed by atoms with Gasteiger partial charge in [-0.3, -0.25) is 0 Å². The van der Waals surface area contributed by atoms with Crippen LogP contribution in [0.3, 0.4) is 0 Å². The molecule has 2 aromatic carbocycles. The molecule has 0 aliphatic carbocycles. The summed E-state index contributed by atoms with van der Waals surface area (Å²) in [4.78, 5) is 0. The van der Waals surface area contributed by atoms with Gasteiger partial charge in [-0.25, -0.2) is 0 Å². The molecule has 0 aliphatic heterocycles. The molecule has 0 aromatic heterocycles. The molecular formula is C13H15NO. The highest BCUT2D eigenvalue weighted by molar-refractivity contribution is 5.83. The SMILES string of the molecule is NCCC(O)c1ccc2ccccc2c1. The van der Waals surface area contributed by atoms with E-state index in [2.05, 4.69) is 6.07 Å². The molecule has 0 radical (unpaired) electrons. The van der Waals surface area contributed by atoms with Crippen molar-refractivity contribution in [3.8, 4) is 0 Å². The van der Waals surface area contributed by atoms with Gasteiger partial charge in [-0.05, 0) is 35.4 Å². The van der Waals surface area contributed by atoms with E-state index < -0.39 is 6.10 Å². The lowest BCUT2D eigenvalue weighted by molar-refractivity contribution is 0.170. The van der Waals surface area contributed by atoms with Crippen LogP contribution in [0.1, 0.15) is 18.1 Å². The predicted octanol–water partition coefficient (Wildman–Crippen LogP) is 2.22. The Hall–Kier alpha value is -1.38. The molecule has 2 rings (SSSR count). The maximum atomic E-state index is 9.80. The van der Waals surface area contributed by atoms with Gasteiger partial charge in [-0.1, -0.05) is 36.4 Å². The first-order chi connectivity index (χ1) is 7.31. The number of aliphatic hydroxyl groups excluding tert-OH is 1. The maximum absolute atomic E-state index is 9.80.